The summed E-state index contributed by atoms with van der Waals surface area (Å²) in [4.78, 5) is 5.41. The van der Waals surface area contributed by atoms with E-state index in [-0.39, 0.29) is 0 Å². The highest BCUT2D eigenvalue weighted by molar-refractivity contribution is 7.12. The van der Waals surface area contributed by atoms with Crippen LogP contribution in [0, 0.1) is 0 Å². The lowest BCUT2D eigenvalue weighted by Crippen LogP contribution is -2.25. The quantitative estimate of drug-likeness (QED) is 0.737. The number of aryl methyl sites for hydroxylation is 1. The molecule has 3 heteroatoms. The summed E-state index contributed by atoms with van der Waals surface area (Å²) in [6, 6.07) is 5.09. The van der Waals surface area contributed by atoms with Crippen LogP contribution in [0.2, 0.25) is 0 Å². The SMILES string of the molecule is CCc1ccc(C(C)N(C)CCCNC)s1. The molecule has 0 aromatic carbocycles. The third kappa shape index (κ3) is 3.89. The molecule has 1 aromatic rings. The number of hydrogen-bond acceptors (Lipinski definition) is 3. The van der Waals surface area contributed by atoms with E-state index in [9.17, 15) is 0 Å². The van der Waals surface area contributed by atoms with Gasteiger partial charge in [-0.05, 0) is 59.1 Å². The number of thiophene rings is 1. The molecule has 1 heterocycles. The molecule has 0 saturated heterocycles. The second-order valence-electron chi connectivity index (χ2n) is 4.27. The monoisotopic (exact) mass is 240 g/mol. The summed E-state index contributed by atoms with van der Waals surface area (Å²) in [6.07, 6.45) is 2.37. The van der Waals surface area contributed by atoms with Gasteiger partial charge in [-0.15, -0.1) is 11.3 Å². The fourth-order valence-electron chi connectivity index (χ4n) is 1.73. The largest absolute Gasteiger partial charge is 0.320 e. The lowest BCUT2D eigenvalue weighted by atomic mass is 10.2. The number of nitrogens with one attached hydrogen (secondary N) is 1. The van der Waals surface area contributed by atoms with Crippen LogP contribution in [0.5, 0.6) is 0 Å². The van der Waals surface area contributed by atoms with Gasteiger partial charge >= 0.3 is 0 Å². The minimum absolute atomic E-state index is 0.544. The fourth-order valence-corrected chi connectivity index (χ4v) is 2.79. The molecular weight excluding hydrogens is 216 g/mol. The Hall–Kier alpha value is -0.380. The van der Waals surface area contributed by atoms with Gasteiger partial charge in [-0.25, -0.2) is 0 Å². The summed E-state index contributed by atoms with van der Waals surface area (Å²) in [7, 11) is 4.22. The number of rotatable bonds is 7. The second-order valence-corrected chi connectivity index (χ2v) is 5.47. The Bertz CT molecular complexity index is 296. The molecule has 0 spiro atoms. The van der Waals surface area contributed by atoms with E-state index < -0.39 is 0 Å². The van der Waals surface area contributed by atoms with Gasteiger partial charge in [0, 0.05) is 15.8 Å². The van der Waals surface area contributed by atoms with E-state index in [0.29, 0.717) is 6.04 Å². The minimum atomic E-state index is 0.544. The molecule has 0 aliphatic rings. The van der Waals surface area contributed by atoms with E-state index in [2.05, 4.69) is 43.2 Å². The highest BCUT2D eigenvalue weighted by Gasteiger charge is 2.12. The Labute approximate surface area is 104 Å². The zero-order valence-corrected chi connectivity index (χ0v) is 11.7. The topological polar surface area (TPSA) is 15.3 Å². The van der Waals surface area contributed by atoms with Crippen LogP contribution in [-0.2, 0) is 6.42 Å². The molecule has 0 aliphatic heterocycles. The van der Waals surface area contributed by atoms with Gasteiger partial charge in [-0.1, -0.05) is 6.92 Å². The standard InChI is InChI=1S/C13H24N2S/c1-5-12-7-8-13(16-12)11(2)15(4)10-6-9-14-3/h7-8,11,14H,5-6,9-10H2,1-4H3. The zero-order valence-electron chi connectivity index (χ0n) is 10.9. The Morgan fingerprint density at radius 2 is 2.19 bits per heavy atom. The molecule has 0 radical (unpaired) electrons. The first kappa shape index (κ1) is 13.7. The minimum Gasteiger partial charge on any atom is -0.320 e. The van der Waals surface area contributed by atoms with Crippen molar-refractivity contribution in [1.29, 1.82) is 0 Å². The first-order valence-corrected chi connectivity index (χ1v) is 6.94. The smallest absolute Gasteiger partial charge is 0.0410 e. The van der Waals surface area contributed by atoms with Crippen molar-refractivity contribution in [2.75, 3.05) is 27.2 Å². The predicted molar refractivity (Wildman–Crippen MR) is 73.3 cm³/mol. The van der Waals surface area contributed by atoms with Crippen LogP contribution in [0.4, 0.5) is 0 Å². The Morgan fingerprint density at radius 3 is 2.75 bits per heavy atom. The molecule has 16 heavy (non-hydrogen) atoms. The molecule has 1 aromatic heterocycles. The zero-order chi connectivity index (χ0) is 12.0. The van der Waals surface area contributed by atoms with Gasteiger partial charge in [0.25, 0.3) is 0 Å². The van der Waals surface area contributed by atoms with Gasteiger partial charge in [0.05, 0.1) is 0 Å². The maximum absolute atomic E-state index is 3.19. The van der Waals surface area contributed by atoms with Crippen LogP contribution < -0.4 is 5.32 Å². The summed E-state index contributed by atoms with van der Waals surface area (Å²) >= 11 is 1.95. The predicted octanol–water partition coefficient (Wildman–Crippen LogP) is 2.91. The lowest BCUT2D eigenvalue weighted by Gasteiger charge is -2.23. The van der Waals surface area contributed by atoms with Crippen molar-refractivity contribution >= 4 is 11.3 Å². The van der Waals surface area contributed by atoms with E-state index in [1.807, 2.05) is 18.4 Å². The molecule has 0 bridgehead atoms. The third-order valence-corrected chi connectivity index (χ3v) is 4.44. The molecule has 1 unspecified atom stereocenters. The van der Waals surface area contributed by atoms with Crippen LogP contribution in [0.15, 0.2) is 12.1 Å². The average molecular weight is 240 g/mol. The van der Waals surface area contributed by atoms with Crippen LogP contribution >= 0.6 is 11.3 Å². The van der Waals surface area contributed by atoms with Crippen molar-refractivity contribution in [3.05, 3.63) is 21.9 Å². The molecule has 92 valence electrons. The fraction of sp³-hybridized carbons (Fsp3) is 0.692. The van der Waals surface area contributed by atoms with Gasteiger partial charge in [-0.3, -0.25) is 4.90 Å². The van der Waals surface area contributed by atoms with Crippen LogP contribution in [0.1, 0.15) is 36.1 Å². The van der Waals surface area contributed by atoms with Crippen molar-refractivity contribution < 1.29 is 0 Å². The van der Waals surface area contributed by atoms with Crippen molar-refractivity contribution in [2.24, 2.45) is 0 Å². The summed E-state index contributed by atoms with van der Waals surface area (Å²) in [5.74, 6) is 0. The highest BCUT2D eigenvalue weighted by atomic mass is 32.1. The molecule has 0 aliphatic carbocycles. The molecule has 0 amide bonds. The van der Waals surface area contributed by atoms with Crippen molar-refractivity contribution in [3.8, 4) is 0 Å². The summed E-state index contributed by atoms with van der Waals surface area (Å²) in [5, 5.41) is 3.19. The van der Waals surface area contributed by atoms with Crippen molar-refractivity contribution in [3.63, 3.8) is 0 Å². The van der Waals surface area contributed by atoms with E-state index in [0.717, 1.165) is 19.5 Å². The van der Waals surface area contributed by atoms with Crippen LogP contribution in [-0.4, -0.2) is 32.1 Å². The molecule has 1 N–H and O–H groups in total. The van der Waals surface area contributed by atoms with Crippen molar-refractivity contribution in [1.82, 2.24) is 10.2 Å². The maximum atomic E-state index is 3.19. The lowest BCUT2D eigenvalue weighted by molar-refractivity contribution is 0.261. The number of nitrogens with zero attached hydrogens (tertiary/aromatic N) is 1. The van der Waals surface area contributed by atoms with Crippen LogP contribution in [0.25, 0.3) is 0 Å². The Kier molecular flexibility index (Phi) is 6.03. The summed E-state index contributed by atoms with van der Waals surface area (Å²) < 4.78 is 0. The average Bonchev–Trinajstić information content (AvgIpc) is 2.76. The number of hydrogen-bond donors (Lipinski definition) is 1. The highest BCUT2D eigenvalue weighted by Crippen LogP contribution is 2.26. The van der Waals surface area contributed by atoms with E-state index in [4.69, 9.17) is 0 Å². The van der Waals surface area contributed by atoms with Crippen molar-refractivity contribution in [2.45, 2.75) is 32.7 Å². The summed E-state index contributed by atoms with van der Waals surface area (Å²) in [5.41, 5.74) is 0. The maximum Gasteiger partial charge on any atom is 0.0410 e. The first-order chi connectivity index (χ1) is 7.69. The molecule has 0 fully saturated rings. The molecule has 2 nitrogen and oxygen atoms in total. The van der Waals surface area contributed by atoms with Crippen LogP contribution in [0.3, 0.4) is 0 Å². The molecule has 1 rings (SSSR count). The second kappa shape index (κ2) is 7.05. The van der Waals surface area contributed by atoms with Gasteiger partial charge < -0.3 is 5.32 Å². The normalized spacial score (nSPS) is 13.3. The third-order valence-electron chi connectivity index (χ3n) is 3.04. The van der Waals surface area contributed by atoms with Gasteiger partial charge in [-0.2, -0.15) is 0 Å². The molecular formula is C13H24N2S. The van der Waals surface area contributed by atoms with Gasteiger partial charge in [0.1, 0.15) is 0 Å². The molecule has 0 saturated carbocycles. The first-order valence-electron chi connectivity index (χ1n) is 6.12. The van der Waals surface area contributed by atoms with E-state index >= 15 is 0 Å². The van der Waals surface area contributed by atoms with Gasteiger partial charge in [0.15, 0.2) is 0 Å². The van der Waals surface area contributed by atoms with E-state index in [1.165, 1.54) is 16.2 Å². The van der Waals surface area contributed by atoms with Gasteiger partial charge in [0.2, 0.25) is 0 Å². The Morgan fingerprint density at radius 1 is 1.44 bits per heavy atom. The Balaban J connectivity index is 2.45. The molecule has 1 atom stereocenters. The summed E-state index contributed by atoms with van der Waals surface area (Å²) in [6.45, 7) is 6.77. The van der Waals surface area contributed by atoms with E-state index in [1.54, 1.807) is 0 Å².